The third-order valence-electron chi connectivity index (χ3n) is 6.31. The molecule has 0 aliphatic carbocycles. The van der Waals surface area contributed by atoms with Crippen LogP contribution in [0.4, 0.5) is 11.4 Å². The van der Waals surface area contributed by atoms with Crippen molar-refractivity contribution in [3.63, 3.8) is 0 Å². The van der Waals surface area contributed by atoms with Crippen LogP contribution in [-0.4, -0.2) is 44.2 Å². The maximum absolute atomic E-state index is 12.9. The highest BCUT2D eigenvalue weighted by molar-refractivity contribution is 7.89. The van der Waals surface area contributed by atoms with Gasteiger partial charge >= 0.3 is 0 Å². The Bertz CT molecular complexity index is 1090. The molecular formula is C25H31N3O4S. The highest BCUT2D eigenvalue weighted by Crippen LogP contribution is 2.29. The lowest BCUT2D eigenvalue weighted by atomic mass is 10.1. The van der Waals surface area contributed by atoms with Crippen molar-refractivity contribution in [2.24, 2.45) is 0 Å². The molecule has 2 aliphatic rings. The summed E-state index contributed by atoms with van der Waals surface area (Å²) >= 11 is 0. The second-order valence-corrected chi connectivity index (χ2v) is 10.6. The third-order valence-corrected chi connectivity index (χ3v) is 8.22. The molecule has 2 saturated heterocycles. The van der Waals surface area contributed by atoms with Crippen molar-refractivity contribution in [2.45, 2.75) is 56.3 Å². The fourth-order valence-corrected chi connectivity index (χ4v) is 5.96. The van der Waals surface area contributed by atoms with E-state index in [4.69, 9.17) is 0 Å². The molecule has 2 aromatic carbocycles. The second-order valence-electron chi connectivity index (χ2n) is 8.68. The number of anilines is 2. The zero-order chi connectivity index (χ0) is 23.3. The summed E-state index contributed by atoms with van der Waals surface area (Å²) in [5.41, 5.74) is 2.27. The first-order valence-corrected chi connectivity index (χ1v) is 13.2. The maximum Gasteiger partial charge on any atom is 0.243 e. The van der Waals surface area contributed by atoms with Crippen molar-refractivity contribution < 1.29 is 18.0 Å². The number of carbonyl (C=O) groups is 2. The highest BCUT2D eigenvalue weighted by atomic mass is 32.2. The average molecular weight is 470 g/mol. The van der Waals surface area contributed by atoms with Crippen LogP contribution in [0.25, 0.3) is 0 Å². The Labute approximate surface area is 195 Å². The van der Waals surface area contributed by atoms with E-state index in [0.717, 1.165) is 43.4 Å². The predicted molar refractivity (Wildman–Crippen MR) is 129 cm³/mol. The molecule has 0 radical (unpaired) electrons. The van der Waals surface area contributed by atoms with Crippen LogP contribution in [0.2, 0.25) is 0 Å². The minimum absolute atomic E-state index is 0.0758. The van der Waals surface area contributed by atoms with Gasteiger partial charge in [0.2, 0.25) is 21.8 Å². The normalized spacial score (nSPS) is 17.7. The van der Waals surface area contributed by atoms with E-state index in [-0.39, 0.29) is 18.2 Å². The summed E-state index contributed by atoms with van der Waals surface area (Å²) in [5.74, 6) is -0.0673. The number of hydrogen-bond donors (Lipinski definition) is 1. The Balaban J connectivity index is 1.35. The standard InChI is InChI=1S/C25H31N3O4S/c29-24(26-22-8-3-4-9-23(22)28-19-7-10-25(28)30)16-13-20-11-14-21(15-12-20)33(31,32)27-17-5-1-2-6-18-27/h3-4,8-9,11-12,14-15H,1-2,5-7,10,13,16-19H2,(H,26,29). The number of nitrogens with zero attached hydrogens (tertiary/aromatic N) is 2. The molecule has 0 aromatic heterocycles. The number of sulfonamides is 1. The lowest BCUT2D eigenvalue weighted by Gasteiger charge is -2.20. The van der Waals surface area contributed by atoms with Gasteiger partial charge in [-0.1, -0.05) is 37.1 Å². The van der Waals surface area contributed by atoms with Gasteiger partial charge in [0.1, 0.15) is 0 Å². The molecular weight excluding hydrogens is 438 g/mol. The lowest BCUT2D eigenvalue weighted by Crippen LogP contribution is -2.31. The fraction of sp³-hybridized carbons (Fsp3) is 0.440. The van der Waals surface area contributed by atoms with Crippen LogP contribution in [0.5, 0.6) is 0 Å². The predicted octanol–water partition coefficient (Wildman–Crippen LogP) is 3.95. The van der Waals surface area contributed by atoms with Crippen LogP contribution in [0, 0.1) is 0 Å². The molecule has 0 bridgehead atoms. The van der Waals surface area contributed by atoms with E-state index in [1.165, 1.54) is 0 Å². The minimum atomic E-state index is -3.47. The molecule has 2 fully saturated rings. The monoisotopic (exact) mass is 469 g/mol. The summed E-state index contributed by atoms with van der Waals surface area (Å²) < 4.78 is 27.4. The molecule has 8 heteroatoms. The van der Waals surface area contributed by atoms with Gasteiger partial charge < -0.3 is 10.2 Å². The van der Waals surface area contributed by atoms with Gasteiger partial charge in [-0.05, 0) is 55.5 Å². The Morgan fingerprint density at radius 1 is 0.879 bits per heavy atom. The highest BCUT2D eigenvalue weighted by Gasteiger charge is 2.25. The number of carbonyl (C=O) groups excluding carboxylic acids is 2. The van der Waals surface area contributed by atoms with Gasteiger partial charge in [0, 0.05) is 32.5 Å². The molecule has 2 aliphatic heterocycles. The van der Waals surface area contributed by atoms with E-state index >= 15 is 0 Å². The molecule has 2 heterocycles. The molecule has 0 saturated carbocycles. The zero-order valence-corrected chi connectivity index (χ0v) is 19.6. The van der Waals surface area contributed by atoms with Crippen molar-refractivity contribution in [1.29, 1.82) is 0 Å². The summed E-state index contributed by atoms with van der Waals surface area (Å²) in [6.07, 6.45) is 6.08. The van der Waals surface area contributed by atoms with Crippen molar-refractivity contribution in [2.75, 3.05) is 29.9 Å². The minimum Gasteiger partial charge on any atom is -0.324 e. The molecule has 4 rings (SSSR count). The fourth-order valence-electron chi connectivity index (χ4n) is 4.45. The zero-order valence-electron chi connectivity index (χ0n) is 18.8. The smallest absolute Gasteiger partial charge is 0.243 e. The van der Waals surface area contributed by atoms with E-state index < -0.39 is 10.0 Å². The Morgan fingerprint density at radius 2 is 1.58 bits per heavy atom. The molecule has 2 amide bonds. The SMILES string of the molecule is O=C(CCc1ccc(S(=O)(=O)N2CCCCCC2)cc1)Nc1ccccc1N1CCCC1=O. The summed E-state index contributed by atoms with van der Waals surface area (Å²) in [4.78, 5) is 26.7. The topological polar surface area (TPSA) is 86.8 Å². The van der Waals surface area contributed by atoms with E-state index in [1.54, 1.807) is 39.5 Å². The summed E-state index contributed by atoms with van der Waals surface area (Å²) in [6, 6.07) is 14.2. The van der Waals surface area contributed by atoms with Gasteiger partial charge in [0.05, 0.1) is 16.3 Å². The van der Waals surface area contributed by atoms with Crippen LogP contribution in [0.3, 0.4) is 0 Å². The largest absolute Gasteiger partial charge is 0.324 e. The van der Waals surface area contributed by atoms with Crippen LogP contribution in [-0.2, 0) is 26.0 Å². The van der Waals surface area contributed by atoms with Gasteiger partial charge in [-0.3, -0.25) is 9.59 Å². The van der Waals surface area contributed by atoms with E-state index in [0.29, 0.717) is 43.1 Å². The third kappa shape index (κ3) is 5.62. The number of hydrogen-bond acceptors (Lipinski definition) is 4. The number of benzene rings is 2. The average Bonchev–Trinajstić information content (AvgIpc) is 3.06. The van der Waals surface area contributed by atoms with Crippen molar-refractivity contribution in [1.82, 2.24) is 4.31 Å². The number of para-hydroxylation sites is 2. The number of amides is 2. The second kappa shape index (κ2) is 10.5. The number of aryl methyl sites for hydroxylation is 1. The first kappa shape index (κ1) is 23.4. The molecule has 0 atom stereocenters. The molecule has 176 valence electrons. The van der Waals surface area contributed by atoms with Crippen LogP contribution >= 0.6 is 0 Å². The first-order valence-electron chi connectivity index (χ1n) is 11.7. The van der Waals surface area contributed by atoms with Crippen molar-refractivity contribution in [3.8, 4) is 0 Å². The molecule has 0 spiro atoms. The molecule has 0 unspecified atom stereocenters. The molecule has 7 nitrogen and oxygen atoms in total. The van der Waals surface area contributed by atoms with E-state index in [9.17, 15) is 18.0 Å². The van der Waals surface area contributed by atoms with Gasteiger partial charge in [0.15, 0.2) is 0 Å². The van der Waals surface area contributed by atoms with Crippen molar-refractivity contribution >= 4 is 33.2 Å². The summed E-state index contributed by atoms with van der Waals surface area (Å²) in [5, 5.41) is 2.93. The summed E-state index contributed by atoms with van der Waals surface area (Å²) in [6.45, 7) is 1.82. The Kier molecular flexibility index (Phi) is 7.45. The van der Waals surface area contributed by atoms with Crippen LogP contribution < -0.4 is 10.2 Å². The van der Waals surface area contributed by atoms with Crippen molar-refractivity contribution in [3.05, 3.63) is 54.1 Å². The van der Waals surface area contributed by atoms with E-state index in [1.807, 2.05) is 18.2 Å². The van der Waals surface area contributed by atoms with E-state index in [2.05, 4.69) is 5.32 Å². The first-order chi connectivity index (χ1) is 15.9. The molecule has 2 aromatic rings. The van der Waals surface area contributed by atoms with Crippen LogP contribution in [0.15, 0.2) is 53.4 Å². The van der Waals surface area contributed by atoms with Gasteiger partial charge in [-0.15, -0.1) is 0 Å². The van der Waals surface area contributed by atoms with Gasteiger partial charge in [0.25, 0.3) is 0 Å². The Hall–Kier alpha value is -2.71. The van der Waals surface area contributed by atoms with Gasteiger partial charge in [-0.2, -0.15) is 4.31 Å². The summed E-state index contributed by atoms with van der Waals surface area (Å²) in [7, 11) is -3.47. The lowest BCUT2D eigenvalue weighted by molar-refractivity contribution is -0.117. The number of nitrogens with one attached hydrogen (secondary N) is 1. The van der Waals surface area contributed by atoms with Crippen LogP contribution in [0.1, 0.15) is 50.5 Å². The molecule has 33 heavy (non-hydrogen) atoms. The number of rotatable bonds is 7. The molecule has 1 N–H and O–H groups in total. The Morgan fingerprint density at radius 3 is 2.24 bits per heavy atom. The van der Waals surface area contributed by atoms with Gasteiger partial charge in [-0.25, -0.2) is 8.42 Å². The quantitative estimate of drug-likeness (QED) is 0.665. The maximum atomic E-state index is 12.9.